The number of carbonyl (C=O) groups is 1. The largest absolute Gasteiger partial charge is 0.692 e. The van der Waals surface area contributed by atoms with E-state index in [1.54, 1.807) is 13.0 Å². The Morgan fingerprint density at radius 3 is 2.22 bits per heavy atom. The molecule has 1 unspecified atom stereocenters. The number of ether oxygens (including phenoxy) is 1. The van der Waals surface area contributed by atoms with Crippen molar-refractivity contribution in [2.45, 2.75) is 32.8 Å². The second kappa shape index (κ2) is 15.3. The first-order valence-electron chi connectivity index (χ1n) is 6.92. The lowest BCUT2D eigenvalue weighted by Gasteiger charge is -2.01. The van der Waals surface area contributed by atoms with Crippen molar-refractivity contribution in [3.05, 3.63) is 29.8 Å². The molecule has 0 aliphatic heterocycles. The normalized spacial score (nSPS) is 10.3. The maximum Gasteiger partial charge on any atom is 0.692 e. The van der Waals surface area contributed by atoms with Crippen LogP contribution in [-0.2, 0) is 20.5 Å². The lowest BCUT2D eigenvalue weighted by atomic mass is 10.1. The van der Waals surface area contributed by atoms with Crippen molar-refractivity contribution in [3.63, 3.8) is 0 Å². The van der Waals surface area contributed by atoms with Gasteiger partial charge in [0, 0.05) is 4.57 Å². The number of hydrogen-bond acceptors (Lipinski definition) is 6. The number of benzene rings is 1. The highest BCUT2D eigenvalue weighted by Crippen LogP contribution is 2.16. The van der Waals surface area contributed by atoms with Crippen LogP contribution in [0.25, 0.3) is 0 Å². The summed E-state index contributed by atoms with van der Waals surface area (Å²) >= 11 is 0. The molecule has 0 radical (unpaired) electrons. The molecule has 0 aliphatic carbocycles. The van der Waals surface area contributed by atoms with Gasteiger partial charge < -0.3 is 20.7 Å². The highest BCUT2D eigenvalue weighted by molar-refractivity contribution is 7.30. The van der Waals surface area contributed by atoms with Crippen LogP contribution < -0.4 is 5.73 Å². The Bertz CT molecular complexity index is 451. The van der Waals surface area contributed by atoms with E-state index in [9.17, 15) is 9.90 Å². The van der Waals surface area contributed by atoms with Crippen LogP contribution in [-0.4, -0.2) is 45.2 Å². The number of aromatic hydroxyl groups is 1. The first-order valence-corrected chi connectivity index (χ1v) is 8.09. The van der Waals surface area contributed by atoms with Gasteiger partial charge in [-0.15, -0.1) is 9.79 Å². The first kappa shape index (κ1) is 23.7. The molecule has 8 nitrogen and oxygen atoms in total. The number of phenols is 1. The first-order chi connectivity index (χ1) is 10.8. The van der Waals surface area contributed by atoms with Crippen LogP contribution in [0, 0.1) is 0 Å². The van der Waals surface area contributed by atoms with E-state index in [0.717, 1.165) is 18.4 Å². The lowest BCUT2D eigenvalue weighted by Crippen LogP contribution is -2.18. The van der Waals surface area contributed by atoms with Crippen molar-refractivity contribution >= 4 is 14.2 Å². The number of hydrogen-bond donors (Lipinski definition) is 5. The minimum absolute atomic E-state index is 0.323. The van der Waals surface area contributed by atoms with Gasteiger partial charge in [-0.05, 0) is 44.9 Å². The van der Waals surface area contributed by atoms with Crippen LogP contribution in [0.15, 0.2) is 24.3 Å². The molecule has 0 saturated heterocycles. The fraction of sp³-hybridized carbons (Fsp3) is 0.500. The van der Waals surface area contributed by atoms with Crippen LogP contribution in [0.2, 0.25) is 0 Å². The number of nitrogens with two attached hydrogens (primary N) is 1. The molecule has 0 aliphatic rings. The van der Waals surface area contributed by atoms with Gasteiger partial charge in [-0.2, -0.15) is 0 Å². The summed E-state index contributed by atoms with van der Waals surface area (Å²) < 4.78 is 13.1. The zero-order valence-corrected chi connectivity index (χ0v) is 14.1. The van der Waals surface area contributed by atoms with Crippen LogP contribution >= 0.6 is 8.25 Å². The summed E-state index contributed by atoms with van der Waals surface area (Å²) in [5, 5.41) is 17.8. The maximum atomic E-state index is 10.3. The van der Waals surface area contributed by atoms with E-state index in [1.807, 2.05) is 18.2 Å². The molecule has 0 spiro atoms. The third kappa shape index (κ3) is 16.6. The van der Waals surface area contributed by atoms with E-state index in [-0.39, 0.29) is 0 Å². The van der Waals surface area contributed by atoms with Crippen molar-refractivity contribution in [1.82, 2.24) is 0 Å². The summed E-state index contributed by atoms with van der Waals surface area (Å²) in [4.78, 5) is 24.5. The predicted octanol–water partition coefficient (Wildman–Crippen LogP) is 0.842. The van der Waals surface area contributed by atoms with Crippen molar-refractivity contribution in [1.29, 1.82) is 0 Å². The molecule has 23 heavy (non-hydrogen) atoms. The topological polar surface area (TPSA) is 150 Å². The summed E-state index contributed by atoms with van der Waals surface area (Å²) in [6.45, 7) is 4.07. The molecule has 0 aromatic heterocycles. The highest BCUT2D eigenvalue weighted by atomic mass is 31.1. The molecule has 0 saturated carbocycles. The smallest absolute Gasteiger partial charge is 0.508 e. The number of aryl methyl sites for hydroxylation is 1. The molecule has 1 aromatic carbocycles. The quantitative estimate of drug-likeness (QED) is 0.387. The third-order valence-electron chi connectivity index (χ3n) is 2.27. The Balaban J connectivity index is 0. The molecule has 132 valence electrons. The van der Waals surface area contributed by atoms with Gasteiger partial charge >= 0.3 is 14.2 Å². The number of para-hydroxylation sites is 1. The number of aliphatic hydroxyl groups is 1. The Morgan fingerprint density at radius 1 is 1.35 bits per heavy atom. The van der Waals surface area contributed by atoms with Crippen molar-refractivity contribution in [2.75, 3.05) is 13.2 Å². The predicted molar refractivity (Wildman–Crippen MR) is 85.8 cm³/mol. The van der Waals surface area contributed by atoms with Gasteiger partial charge in [0.15, 0.2) is 0 Å². The van der Waals surface area contributed by atoms with E-state index in [1.165, 1.54) is 6.92 Å². The third-order valence-corrected chi connectivity index (χ3v) is 2.27. The average molecular weight is 350 g/mol. The summed E-state index contributed by atoms with van der Waals surface area (Å²) in [6, 6.07) is 7.36. The Morgan fingerprint density at radius 2 is 1.87 bits per heavy atom. The van der Waals surface area contributed by atoms with Gasteiger partial charge in [-0.25, -0.2) is 4.79 Å². The fourth-order valence-corrected chi connectivity index (χ4v) is 1.28. The zero-order chi connectivity index (χ0) is 18.3. The van der Waals surface area contributed by atoms with Gasteiger partial charge in [0.2, 0.25) is 0 Å². The maximum absolute atomic E-state index is 10.3. The van der Waals surface area contributed by atoms with Crippen LogP contribution in [0.3, 0.4) is 0 Å². The SMILES string of the molecule is CCOC(=O)C(C)O.NCCCc1ccccc1O.O=[P+](O)O. The molecule has 1 atom stereocenters. The van der Waals surface area contributed by atoms with E-state index in [4.69, 9.17) is 25.2 Å². The summed E-state index contributed by atoms with van der Waals surface area (Å²) in [7, 11) is -2.87. The Hall–Kier alpha value is -1.57. The molecule has 0 heterocycles. The summed E-state index contributed by atoms with van der Waals surface area (Å²) in [6.07, 6.45) is 0.802. The Labute approximate surface area is 136 Å². The van der Waals surface area contributed by atoms with Crippen molar-refractivity contribution in [2.24, 2.45) is 5.73 Å². The van der Waals surface area contributed by atoms with E-state index < -0.39 is 20.3 Å². The number of phenolic OH excluding ortho intramolecular Hbond substituents is 1. The van der Waals surface area contributed by atoms with Crippen LogP contribution in [0.5, 0.6) is 5.75 Å². The number of rotatable bonds is 5. The molecule has 1 aromatic rings. The number of carbonyl (C=O) groups excluding carboxylic acids is 1. The van der Waals surface area contributed by atoms with Gasteiger partial charge in [-0.3, -0.25) is 0 Å². The molecule has 9 heteroatoms. The second-order valence-electron chi connectivity index (χ2n) is 4.20. The molecular formula is C14H25NO7P+. The van der Waals surface area contributed by atoms with Gasteiger partial charge in [0.05, 0.1) is 6.61 Å². The molecule has 6 N–H and O–H groups in total. The molecular weight excluding hydrogens is 325 g/mol. The summed E-state index contributed by atoms with van der Waals surface area (Å²) in [5.41, 5.74) is 6.33. The monoisotopic (exact) mass is 350 g/mol. The zero-order valence-electron chi connectivity index (χ0n) is 13.3. The van der Waals surface area contributed by atoms with Crippen molar-refractivity contribution in [3.8, 4) is 5.75 Å². The molecule has 1 rings (SSSR count). The van der Waals surface area contributed by atoms with Gasteiger partial charge in [0.1, 0.15) is 11.9 Å². The molecule has 0 bridgehead atoms. The number of aliphatic hydroxyl groups excluding tert-OH is 1. The average Bonchev–Trinajstić information content (AvgIpc) is 2.47. The summed E-state index contributed by atoms with van der Waals surface area (Å²) in [5.74, 6) is -0.187. The number of esters is 1. The van der Waals surface area contributed by atoms with Crippen molar-refractivity contribution < 1.29 is 34.1 Å². The minimum Gasteiger partial charge on any atom is -0.508 e. The minimum atomic E-state index is -2.87. The van der Waals surface area contributed by atoms with Crippen LogP contribution in [0.4, 0.5) is 0 Å². The molecule has 0 amide bonds. The Kier molecular flexibility index (Phi) is 15.8. The van der Waals surface area contributed by atoms with E-state index in [2.05, 4.69) is 4.74 Å². The van der Waals surface area contributed by atoms with E-state index in [0.29, 0.717) is 18.9 Å². The fourth-order valence-electron chi connectivity index (χ4n) is 1.28. The lowest BCUT2D eigenvalue weighted by molar-refractivity contribution is -0.151. The highest BCUT2D eigenvalue weighted by Gasteiger charge is 2.07. The van der Waals surface area contributed by atoms with Gasteiger partial charge in [-0.1, -0.05) is 18.2 Å². The molecule has 0 fully saturated rings. The standard InChI is InChI=1S/C9H13NO.C5H10O3.HO3P/c10-7-3-5-8-4-1-2-6-9(8)11;1-3-8-5(7)4(2)6;1-4(2)3/h1-2,4,6,11H,3,5,7,10H2;4,6H,3H2,1-2H3;(H-,1,2,3)/p+1. The van der Waals surface area contributed by atoms with Gasteiger partial charge in [0.25, 0.3) is 0 Å². The van der Waals surface area contributed by atoms with Crippen LogP contribution in [0.1, 0.15) is 25.8 Å². The second-order valence-corrected chi connectivity index (χ2v) is 4.71. The van der Waals surface area contributed by atoms with E-state index >= 15 is 0 Å².